The zero-order chi connectivity index (χ0) is 26.4. The second kappa shape index (κ2) is 9.50. The predicted molar refractivity (Wildman–Crippen MR) is 141 cm³/mol. The van der Waals surface area contributed by atoms with Crippen molar-refractivity contribution in [3.8, 4) is 11.3 Å². The van der Waals surface area contributed by atoms with Gasteiger partial charge in [0.05, 0.1) is 36.2 Å². The van der Waals surface area contributed by atoms with Crippen molar-refractivity contribution in [2.45, 2.75) is 57.8 Å². The maximum Gasteiger partial charge on any atom is 0.494 e. The van der Waals surface area contributed by atoms with Crippen LogP contribution in [0.25, 0.3) is 22.0 Å². The number of H-pyrrole nitrogens is 1. The molecular weight excluding hydrogens is 471 g/mol. The highest BCUT2D eigenvalue weighted by molar-refractivity contribution is 6.62. The van der Waals surface area contributed by atoms with Crippen molar-refractivity contribution in [2.75, 3.05) is 20.2 Å². The molecule has 9 nitrogen and oxygen atoms in total. The lowest BCUT2D eigenvalue weighted by atomic mass is 9.78. The zero-order valence-electron chi connectivity index (χ0n) is 22.0. The SMILES string of the molecule is COC(=O)NCC(=O)N1CCCC1c1ncc(-c2ccc3cc(B4OC(C)(C)C(C)(C)O4)ccc3c2)[nH]1. The number of nitrogens with zero attached hydrogens (tertiary/aromatic N) is 2. The molecule has 2 aliphatic rings. The number of aromatic nitrogens is 2. The van der Waals surface area contributed by atoms with Crippen LogP contribution in [0.15, 0.2) is 42.6 Å². The molecule has 1 unspecified atom stereocenters. The quantitative estimate of drug-likeness (QED) is 0.515. The normalized spacial score (nSPS) is 20.4. The van der Waals surface area contributed by atoms with Gasteiger partial charge in [0.2, 0.25) is 5.91 Å². The molecule has 0 bridgehead atoms. The Kier molecular flexibility index (Phi) is 6.49. The van der Waals surface area contributed by atoms with E-state index < -0.39 is 13.2 Å². The van der Waals surface area contributed by atoms with E-state index in [1.807, 2.05) is 6.20 Å². The Morgan fingerprint density at radius 3 is 2.57 bits per heavy atom. The Morgan fingerprint density at radius 1 is 1.14 bits per heavy atom. The molecule has 0 radical (unpaired) electrons. The van der Waals surface area contributed by atoms with Crippen LogP contribution in [0.4, 0.5) is 4.79 Å². The van der Waals surface area contributed by atoms with Gasteiger partial charge in [0.1, 0.15) is 12.4 Å². The van der Waals surface area contributed by atoms with Gasteiger partial charge in [0.15, 0.2) is 0 Å². The summed E-state index contributed by atoms with van der Waals surface area (Å²) in [6.45, 7) is 8.74. The van der Waals surface area contributed by atoms with Crippen LogP contribution in [-0.4, -0.2) is 65.4 Å². The van der Waals surface area contributed by atoms with Crippen molar-refractivity contribution in [3.63, 3.8) is 0 Å². The van der Waals surface area contributed by atoms with Crippen LogP contribution in [0.2, 0.25) is 0 Å². The largest absolute Gasteiger partial charge is 0.494 e. The lowest BCUT2D eigenvalue weighted by Gasteiger charge is -2.32. The minimum atomic E-state index is -0.622. The van der Waals surface area contributed by atoms with Gasteiger partial charge in [-0.25, -0.2) is 9.78 Å². The van der Waals surface area contributed by atoms with Crippen molar-refractivity contribution in [2.24, 2.45) is 0 Å². The summed E-state index contributed by atoms with van der Waals surface area (Å²) in [5, 5.41) is 4.66. The first kappa shape index (κ1) is 25.3. The smallest absolute Gasteiger partial charge is 0.453 e. The number of aromatic amines is 1. The minimum absolute atomic E-state index is 0.102. The Hall–Kier alpha value is -3.37. The van der Waals surface area contributed by atoms with E-state index in [4.69, 9.17) is 9.31 Å². The van der Waals surface area contributed by atoms with E-state index in [1.165, 1.54) is 7.11 Å². The van der Waals surface area contributed by atoms with Crippen molar-refractivity contribution in [1.29, 1.82) is 0 Å². The number of carbonyl (C=O) groups excluding carboxylic acids is 2. The number of ether oxygens (including phenoxy) is 1. The van der Waals surface area contributed by atoms with Crippen molar-refractivity contribution in [3.05, 3.63) is 48.4 Å². The van der Waals surface area contributed by atoms with E-state index in [9.17, 15) is 9.59 Å². The fourth-order valence-corrected chi connectivity index (χ4v) is 4.88. The van der Waals surface area contributed by atoms with Crippen LogP contribution in [0, 0.1) is 0 Å². The molecule has 2 fully saturated rings. The van der Waals surface area contributed by atoms with Crippen LogP contribution in [0.1, 0.15) is 52.4 Å². The van der Waals surface area contributed by atoms with Gasteiger partial charge in [-0.05, 0) is 62.8 Å². The van der Waals surface area contributed by atoms with E-state index in [0.29, 0.717) is 6.54 Å². The van der Waals surface area contributed by atoms with Gasteiger partial charge in [-0.3, -0.25) is 4.79 Å². The lowest BCUT2D eigenvalue weighted by molar-refractivity contribution is -0.131. The van der Waals surface area contributed by atoms with Crippen LogP contribution in [-0.2, 0) is 18.8 Å². The van der Waals surface area contributed by atoms with Crippen molar-refractivity contribution >= 4 is 35.4 Å². The fraction of sp³-hybridized carbons (Fsp3) is 0.444. The molecule has 3 heterocycles. The Bertz CT molecular complexity index is 1320. The highest BCUT2D eigenvalue weighted by Gasteiger charge is 2.51. The van der Waals surface area contributed by atoms with E-state index in [2.05, 4.69) is 84.1 Å². The molecule has 1 aromatic heterocycles. The standard InChI is InChI=1S/C27H33BN4O5/c1-26(2)27(3,4)37-28(36-26)20-11-10-17-13-19(9-8-18(17)14-20)21-15-29-24(31-21)22-7-6-12-32(22)23(33)16-30-25(34)35-5/h8-11,13-15,22H,6-7,12,16H2,1-5H3,(H,29,31)(H,30,34). The molecular formula is C27H33BN4O5. The molecule has 10 heteroatoms. The van der Waals surface area contributed by atoms with Gasteiger partial charge in [-0.1, -0.05) is 30.3 Å². The number of rotatable bonds is 5. The first-order chi connectivity index (χ1) is 17.6. The third-order valence-electron chi connectivity index (χ3n) is 7.75. The van der Waals surface area contributed by atoms with Crippen LogP contribution in [0.3, 0.4) is 0 Å². The number of nitrogens with one attached hydrogen (secondary N) is 2. The summed E-state index contributed by atoms with van der Waals surface area (Å²) in [4.78, 5) is 33.8. The first-order valence-electron chi connectivity index (χ1n) is 12.6. The molecule has 2 saturated heterocycles. The number of hydrogen-bond acceptors (Lipinski definition) is 6. The van der Waals surface area contributed by atoms with Gasteiger partial charge in [0, 0.05) is 12.1 Å². The van der Waals surface area contributed by atoms with Crippen molar-refractivity contribution in [1.82, 2.24) is 20.2 Å². The monoisotopic (exact) mass is 504 g/mol. The molecule has 1 atom stereocenters. The summed E-state index contributed by atoms with van der Waals surface area (Å²) in [6.07, 6.45) is 2.88. The number of carbonyl (C=O) groups is 2. The number of likely N-dealkylation sites (tertiary alicyclic amines) is 1. The number of fused-ring (bicyclic) bond motifs is 1. The third kappa shape index (κ3) is 4.83. The van der Waals surface area contributed by atoms with E-state index in [1.54, 1.807) is 4.90 Å². The number of alkyl carbamates (subject to hydrolysis) is 1. The number of methoxy groups -OCH3 is 1. The molecule has 0 saturated carbocycles. The first-order valence-corrected chi connectivity index (χ1v) is 12.6. The second-order valence-electron chi connectivity index (χ2n) is 10.7. The lowest BCUT2D eigenvalue weighted by Crippen LogP contribution is -2.41. The molecule has 37 heavy (non-hydrogen) atoms. The van der Waals surface area contributed by atoms with E-state index >= 15 is 0 Å². The summed E-state index contributed by atoms with van der Waals surface area (Å²) in [5.74, 6) is 0.587. The average molecular weight is 504 g/mol. The number of amides is 2. The third-order valence-corrected chi connectivity index (χ3v) is 7.75. The molecule has 0 aliphatic carbocycles. The second-order valence-corrected chi connectivity index (χ2v) is 10.7. The molecule has 2 N–H and O–H groups in total. The van der Waals surface area contributed by atoms with Gasteiger partial charge in [0.25, 0.3) is 0 Å². The summed E-state index contributed by atoms with van der Waals surface area (Å²) in [7, 11) is 0.873. The molecule has 194 valence electrons. The molecule has 0 spiro atoms. The zero-order valence-corrected chi connectivity index (χ0v) is 22.0. The average Bonchev–Trinajstić information content (AvgIpc) is 3.59. The fourth-order valence-electron chi connectivity index (χ4n) is 4.88. The number of imidazole rings is 1. The van der Waals surface area contributed by atoms with Gasteiger partial charge in [-0.2, -0.15) is 0 Å². The maximum atomic E-state index is 12.7. The van der Waals surface area contributed by atoms with Crippen LogP contribution < -0.4 is 10.8 Å². The number of hydrogen-bond donors (Lipinski definition) is 2. The van der Waals surface area contributed by atoms with Crippen molar-refractivity contribution < 1.29 is 23.6 Å². The highest BCUT2D eigenvalue weighted by Crippen LogP contribution is 2.37. The van der Waals surface area contributed by atoms with Gasteiger partial charge >= 0.3 is 13.2 Å². The summed E-state index contributed by atoms with van der Waals surface area (Å²) < 4.78 is 17.0. The highest BCUT2D eigenvalue weighted by atomic mass is 16.7. The Labute approximate surface area is 217 Å². The predicted octanol–water partition coefficient (Wildman–Crippen LogP) is 3.55. The maximum absolute atomic E-state index is 12.7. The molecule has 2 aromatic carbocycles. The van der Waals surface area contributed by atoms with Gasteiger partial charge < -0.3 is 29.2 Å². The summed E-state index contributed by atoms with van der Waals surface area (Å²) in [6, 6.07) is 12.4. The minimum Gasteiger partial charge on any atom is -0.453 e. The molecule has 3 aromatic rings. The molecule has 2 amide bonds. The Balaban J connectivity index is 1.32. The van der Waals surface area contributed by atoms with Crippen LogP contribution >= 0.6 is 0 Å². The van der Waals surface area contributed by atoms with Crippen LogP contribution in [0.5, 0.6) is 0 Å². The molecule has 2 aliphatic heterocycles. The van der Waals surface area contributed by atoms with E-state index in [-0.39, 0.29) is 29.7 Å². The summed E-state index contributed by atoms with van der Waals surface area (Å²) in [5.41, 5.74) is 2.13. The van der Waals surface area contributed by atoms with E-state index in [0.717, 1.165) is 46.2 Å². The van der Waals surface area contributed by atoms with Gasteiger partial charge in [-0.15, -0.1) is 0 Å². The Morgan fingerprint density at radius 2 is 1.84 bits per heavy atom. The number of benzene rings is 2. The summed E-state index contributed by atoms with van der Waals surface area (Å²) >= 11 is 0. The molecule has 5 rings (SSSR count). The topological polar surface area (TPSA) is 106 Å².